The first-order valence-corrected chi connectivity index (χ1v) is 10.0. The molecule has 1 atom stereocenters. The summed E-state index contributed by atoms with van der Waals surface area (Å²) in [5.74, 6) is 2.17. The second kappa shape index (κ2) is 8.49. The number of nitrogens with zero attached hydrogens (tertiary/aromatic N) is 1. The lowest BCUT2D eigenvalue weighted by Gasteiger charge is -2.29. The summed E-state index contributed by atoms with van der Waals surface area (Å²) in [5.41, 5.74) is 2.21. The van der Waals surface area contributed by atoms with Gasteiger partial charge >= 0.3 is 0 Å². The summed E-state index contributed by atoms with van der Waals surface area (Å²) in [6.45, 7) is 1.36. The Hall–Kier alpha value is -2.14. The number of benzene rings is 2. The van der Waals surface area contributed by atoms with Crippen LogP contribution >= 0.6 is 11.8 Å². The van der Waals surface area contributed by atoms with Crippen LogP contribution in [0.4, 0.5) is 0 Å². The van der Waals surface area contributed by atoms with Gasteiger partial charge in [-0.05, 0) is 48.1 Å². The van der Waals surface area contributed by atoms with Gasteiger partial charge in [-0.1, -0.05) is 12.1 Å². The molecular weight excluding hydrogens is 346 g/mol. The number of piperidine rings is 1. The first-order chi connectivity index (χ1) is 12.6. The molecule has 4 nitrogen and oxygen atoms in total. The SMILES string of the molecule is COc1cc(OCC2CCC(=O)N(C)C2)cc(-c2ccc(SC)cc2)c1. The van der Waals surface area contributed by atoms with E-state index in [1.807, 2.05) is 25.2 Å². The highest BCUT2D eigenvalue weighted by Crippen LogP contribution is 2.31. The molecule has 0 N–H and O–H groups in total. The van der Waals surface area contributed by atoms with Crippen molar-refractivity contribution in [3.8, 4) is 22.6 Å². The number of carbonyl (C=O) groups excluding carboxylic acids is 1. The molecule has 0 radical (unpaired) electrons. The smallest absolute Gasteiger partial charge is 0.222 e. The number of methoxy groups -OCH3 is 1. The van der Waals surface area contributed by atoms with E-state index in [1.54, 1.807) is 23.8 Å². The van der Waals surface area contributed by atoms with Gasteiger partial charge in [0.1, 0.15) is 11.5 Å². The van der Waals surface area contributed by atoms with E-state index < -0.39 is 0 Å². The molecule has 1 aliphatic heterocycles. The van der Waals surface area contributed by atoms with Crippen LogP contribution in [0.15, 0.2) is 47.4 Å². The highest BCUT2D eigenvalue weighted by Gasteiger charge is 2.23. The van der Waals surface area contributed by atoms with Crippen molar-refractivity contribution < 1.29 is 14.3 Å². The minimum atomic E-state index is 0.221. The number of rotatable bonds is 6. The Morgan fingerprint density at radius 3 is 2.50 bits per heavy atom. The fourth-order valence-electron chi connectivity index (χ4n) is 3.17. The second-order valence-electron chi connectivity index (χ2n) is 6.62. The van der Waals surface area contributed by atoms with E-state index in [0.29, 0.717) is 18.9 Å². The Morgan fingerprint density at radius 2 is 1.85 bits per heavy atom. The molecule has 26 heavy (non-hydrogen) atoms. The molecule has 0 bridgehead atoms. The van der Waals surface area contributed by atoms with E-state index in [0.717, 1.165) is 35.6 Å². The van der Waals surface area contributed by atoms with Crippen LogP contribution in [0.2, 0.25) is 0 Å². The van der Waals surface area contributed by atoms with E-state index in [-0.39, 0.29) is 5.91 Å². The van der Waals surface area contributed by atoms with Gasteiger partial charge in [-0.25, -0.2) is 0 Å². The molecular formula is C21H25NO3S. The Bertz CT molecular complexity index is 760. The normalized spacial score (nSPS) is 17.3. The van der Waals surface area contributed by atoms with Gasteiger partial charge in [-0.3, -0.25) is 4.79 Å². The Balaban J connectivity index is 1.73. The molecule has 0 aromatic heterocycles. The topological polar surface area (TPSA) is 38.8 Å². The van der Waals surface area contributed by atoms with Gasteiger partial charge in [0.2, 0.25) is 5.91 Å². The van der Waals surface area contributed by atoms with Crippen molar-refractivity contribution in [2.45, 2.75) is 17.7 Å². The molecule has 1 aliphatic rings. The minimum Gasteiger partial charge on any atom is -0.497 e. The Kier molecular flexibility index (Phi) is 6.09. The largest absolute Gasteiger partial charge is 0.497 e. The number of amides is 1. The van der Waals surface area contributed by atoms with Crippen molar-refractivity contribution in [2.75, 3.05) is 33.6 Å². The number of thioether (sulfide) groups is 1. The Labute approximate surface area is 159 Å². The highest BCUT2D eigenvalue weighted by molar-refractivity contribution is 7.98. The van der Waals surface area contributed by atoms with Gasteiger partial charge < -0.3 is 14.4 Å². The van der Waals surface area contributed by atoms with Gasteiger partial charge in [0, 0.05) is 36.9 Å². The van der Waals surface area contributed by atoms with Crippen molar-refractivity contribution in [3.05, 3.63) is 42.5 Å². The molecule has 1 amide bonds. The fourth-order valence-corrected chi connectivity index (χ4v) is 3.58. The summed E-state index contributed by atoms with van der Waals surface area (Å²) in [6, 6.07) is 14.5. The summed E-state index contributed by atoms with van der Waals surface area (Å²) in [7, 11) is 3.53. The summed E-state index contributed by atoms with van der Waals surface area (Å²) < 4.78 is 11.5. The van der Waals surface area contributed by atoms with Crippen LogP contribution in [0.3, 0.4) is 0 Å². The number of hydrogen-bond donors (Lipinski definition) is 0. The zero-order valence-corrected chi connectivity index (χ0v) is 16.3. The molecule has 2 aromatic rings. The lowest BCUT2D eigenvalue weighted by atomic mass is 9.99. The molecule has 0 aliphatic carbocycles. The third-order valence-corrected chi connectivity index (χ3v) is 5.49. The summed E-state index contributed by atoms with van der Waals surface area (Å²) >= 11 is 1.73. The number of ether oxygens (including phenoxy) is 2. The predicted molar refractivity (Wildman–Crippen MR) is 106 cm³/mol. The zero-order chi connectivity index (χ0) is 18.5. The van der Waals surface area contributed by atoms with Crippen molar-refractivity contribution >= 4 is 17.7 Å². The van der Waals surface area contributed by atoms with Gasteiger partial charge in [-0.2, -0.15) is 0 Å². The molecule has 2 aromatic carbocycles. The lowest BCUT2D eigenvalue weighted by Crippen LogP contribution is -2.38. The molecule has 3 rings (SSSR count). The van der Waals surface area contributed by atoms with E-state index in [4.69, 9.17) is 9.47 Å². The number of hydrogen-bond acceptors (Lipinski definition) is 4. The van der Waals surface area contributed by atoms with Crippen molar-refractivity contribution in [1.29, 1.82) is 0 Å². The van der Waals surface area contributed by atoms with E-state index in [2.05, 4.69) is 30.5 Å². The number of carbonyl (C=O) groups is 1. The molecule has 0 saturated carbocycles. The zero-order valence-electron chi connectivity index (χ0n) is 15.5. The maximum atomic E-state index is 11.6. The average molecular weight is 372 g/mol. The lowest BCUT2D eigenvalue weighted by molar-refractivity contribution is -0.133. The molecule has 5 heteroatoms. The molecule has 1 saturated heterocycles. The van der Waals surface area contributed by atoms with E-state index in [1.165, 1.54) is 4.90 Å². The molecule has 1 heterocycles. The van der Waals surface area contributed by atoms with Gasteiger partial charge in [0.05, 0.1) is 13.7 Å². The van der Waals surface area contributed by atoms with Gasteiger partial charge in [0.15, 0.2) is 0 Å². The second-order valence-corrected chi connectivity index (χ2v) is 7.50. The maximum absolute atomic E-state index is 11.6. The molecule has 0 spiro atoms. The minimum absolute atomic E-state index is 0.221. The monoisotopic (exact) mass is 371 g/mol. The summed E-state index contributed by atoms with van der Waals surface area (Å²) in [6.07, 6.45) is 3.56. The third kappa shape index (κ3) is 4.52. The van der Waals surface area contributed by atoms with Crippen molar-refractivity contribution in [3.63, 3.8) is 0 Å². The number of likely N-dealkylation sites (tertiary alicyclic amines) is 1. The molecule has 138 valence electrons. The molecule has 1 unspecified atom stereocenters. The first kappa shape index (κ1) is 18.6. The standard InChI is InChI=1S/C21H25NO3S/c1-22-13-15(4-9-21(22)23)14-25-19-11-17(10-18(12-19)24-2)16-5-7-20(26-3)8-6-16/h5-8,10-12,15H,4,9,13-14H2,1-3H3. The Morgan fingerprint density at radius 1 is 1.12 bits per heavy atom. The van der Waals surface area contributed by atoms with Crippen LogP contribution < -0.4 is 9.47 Å². The first-order valence-electron chi connectivity index (χ1n) is 8.79. The molecule has 1 fully saturated rings. The quantitative estimate of drug-likeness (QED) is 0.709. The van der Waals surface area contributed by atoms with Crippen LogP contribution in [0.1, 0.15) is 12.8 Å². The summed E-state index contributed by atoms with van der Waals surface area (Å²) in [5, 5.41) is 0. The fraction of sp³-hybridized carbons (Fsp3) is 0.381. The highest BCUT2D eigenvalue weighted by atomic mass is 32.2. The van der Waals surface area contributed by atoms with Crippen LogP contribution in [-0.2, 0) is 4.79 Å². The van der Waals surface area contributed by atoms with E-state index >= 15 is 0 Å². The van der Waals surface area contributed by atoms with Crippen LogP contribution in [0, 0.1) is 5.92 Å². The third-order valence-electron chi connectivity index (χ3n) is 4.75. The van der Waals surface area contributed by atoms with Crippen LogP contribution in [0.5, 0.6) is 11.5 Å². The van der Waals surface area contributed by atoms with E-state index in [9.17, 15) is 4.79 Å². The van der Waals surface area contributed by atoms with Crippen molar-refractivity contribution in [1.82, 2.24) is 4.90 Å². The maximum Gasteiger partial charge on any atom is 0.222 e. The van der Waals surface area contributed by atoms with Gasteiger partial charge in [0.25, 0.3) is 0 Å². The van der Waals surface area contributed by atoms with Crippen molar-refractivity contribution in [2.24, 2.45) is 5.92 Å². The summed E-state index contributed by atoms with van der Waals surface area (Å²) in [4.78, 5) is 14.6. The van der Waals surface area contributed by atoms with Gasteiger partial charge in [-0.15, -0.1) is 11.8 Å². The van der Waals surface area contributed by atoms with Crippen LogP contribution in [0.25, 0.3) is 11.1 Å². The predicted octanol–water partition coefficient (Wildman–Crippen LogP) is 4.33. The van der Waals surface area contributed by atoms with Crippen LogP contribution in [-0.4, -0.2) is 44.4 Å². The average Bonchev–Trinajstić information content (AvgIpc) is 2.68.